The molecule has 9 nitrogen and oxygen atoms in total. The van der Waals surface area contributed by atoms with Crippen LogP contribution in [0.2, 0.25) is 0 Å². The first-order chi connectivity index (χ1) is 23.8. The number of fused-ring (bicyclic) bond motifs is 2. The predicted octanol–water partition coefficient (Wildman–Crippen LogP) is 6.00. The lowest BCUT2D eigenvalue weighted by molar-refractivity contribution is -0.0204. The van der Waals surface area contributed by atoms with E-state index in [-0.39, 0.29) is 17.4 Å². The second-order valence-corrected chi connectivity index (χ2v) is 14.9. The van der Waals surface area contributed by atoms with Crippen molar-refractivity contribution in [3.63, 3.8) is 0 Å². The maximum Gasteiger partial charge on any atom is 0.254 e. The summed E-state index contributed by atoms with van der Waals surface area (Å²) in [4.78, 5) is 40.8. The Morgan fingerprint density at radius 3 is 2.39 bits per heavy atom. The van der Waals surface area contributed by atoms with Crippen LogP contribution in [0, 0.1) is 41.2 Å². The summed E-state index contributed by atoms with van der Waals surface area (Å²) in [5, 5.41) is 1.03. The molecule has 2 amide bonds. The van der Waals surface area contributed by atoms with Crippen LogP contribution in [0.15, 0.2) is 54.7 Å². The average molecular weight is 663 g/mol. The lowest BCUT2D eigenvalue weighted by atomic mass is 9.53. The number of hydrogen-bond acceptors (Lipinski definition) is 5. The number of methoxy groups -OCH3 is 1. The van der Waals surface area contributed by atoms with Gasteiger partial charge in [0.25, 0.3) is 11.8 Å². The first kappa shape index (κ1) is 29.1. The van der Waals surface area contributed by atoms with Gasteiger partial charge in [0, 0.05) is 73.5 Å². The quantitative estimate of drug-likeness (QED) is 0.204. The minimum atomic E-state index is -0.773. The Hall–Kier alpha value is -4.80. The predicted molar refractivity (Wildman–Crippen MR) is 178 cm³/mol. The van der Waals surface area contributed by atoms with Crippen LogP contribution < -0.4 is 4.74 Å². The van der Waals surface area contributed by atoms with E-state index in [4.69, 9.17) is 14.7 Å². The maximum absolute atomic E-state index is 14.0. The van der Waals surface area contributed by atoms with E-state index < -0.39 is 17.5 Å². The van der Waals surface area contributed by atoms with Crippen molar-refractivity contribution in [3.05, 3.63) is 77.5 Å². The lowest BCUT2D eigenvalue weighted by Gasteiger charge is -2.52. The Labute approximate surface area is 281 Å². The zero-order chi connectivity index (χ0) is 33.1. The number of nitrogens with zero attached hydrogens (tertiary/aromatic N) is 6. The van der Waals surface area contributed by atoms with Crippen LogP contribution in [0.3, 0.4) is 0 Å². The van der Waals surface area contributed by atoms with E-state index in [1.54, 1.807) is 12.0 Å². The first-order valence-electron chi connectivity index (χ1n) is 17.4. The van der Waals surface area contributed by atoms with Crippen molar-refractivity contribution in [1.82, 2.24) is 28.9 Å². The number of pyridine rings is 1. The molecule has 2 aliphatic heterocycles. The molecule has 0 spiro atoms. The number of amides is 2. The number of likely N-dealkylation sites (tertiary alicyclic amines) is 2. The number of ether oxygens (including phenoxy) is 1. The van der Waals surface area contributed by atoms with Crippen LogP contribution in [-0.4, -0.2) is 73.5 Å². The van der Waals surface area contributed by atoms with Crippen LogP contribution in [0.4, 0.5) is 8.78 Å². The summed E-state index contributed by atoms with van der Waals surface area (Å²) in [6.07, 6.45) is 6.54. The number of benzene rings is 2. The van der Waals surface area contributed by atoms with Gasteiger partial charge in [-0.2, -0.15) is 0 Å². The van der Waals surface area contributed by atoms with Crippen molar-refractivity contribution in [3.8, 4) is 17.3 Å². The van der Waals surface area contributed by atoms with Crippen molar-refractivity contribution < 1.29 is 23.1 Å². The Morgan fingerprint density at radius 2 is 1.65 bits per heavy atom. The molecule has 2 aromatic carbocycles. The third-order valence-electron chi connectivity index (χ3n) is 11.9. The number of aromatic nitrogens is 4. The van der Waals surface area contributed by atoms with Crippen LogP contribution >= 0.6 is 0 Å². The van der Waals surface area contributed by atoms with Crippen molar-refractivity contribution >= 4 is 33.9 Å². The summed E-state index contributed by atoms with van der Waals surface area (Å²) in [5.41, 5.74) is 3.94. The number of carbonyl (C=O) groups is 2. The van der Waals surface area contributed by atoms with Crippen molar-refractivity contribution in [2.75, 3.05) is 26.7 Å². The number of carbonyl (C=O) groups excluding carboxylic acids is 2. The molecular formula is C38H36F2N6O3. The number of hydrogen-bond donors (Lipinski definition) is 0. The summed E-state index contributed by atoms with van der Waals surface area (Å²) < 4.78 is 38.2. The molecule has 11 heteroatoms. The Morgan fingerprint density at radius 1 is 0.878 bits per heavy atom. The van der Waals surface area contributed by atoms with Gasteiger partial charge in [0.2, 0.25) is 0 Å². The Bertz CT molecular complexity index is 2180. The van der Waals surface area contributed by atoms with Crippen molar-refractivity contribution in [2.24, 2.45) is 29.6 Å². The summed E-state index contributed by atoms with van der Waals surface area (Å²) >= 11 is 0. The normalized spacial score (nSPS) is 24.1. The molecule has 250 valence electrons. The molecule has 49 heavy (non-hydrogen) atoms. The third-order valence-corrected chi connectivity index (χ3v) is 11.9. The first-order valence-corrected chi connectivity index (χ1v) is 17.4. The molecule has 4 atom stereocenters. The zero-order valence-electron chi connectivity index (χ0n) is 27.2. The summed E-state index contributed by atoms with van der Waals surface area (Å²) in [7, 11) is 1.63. The van der Waals surface area contributed by atoms with Gasteiger partial charge in [0.1, 0.15) is 28.5 Å². The average Bonchev–Trinajstić information content (AvgIpc) is 3.71. The minimum Gasteiger partial charge on any atom is -0.494 e. The van der Waals surface area contributed by atoms with Gasteiger partial charge in [-0.1, -0.05) is 0 Å². The van der Waals surface area contributed by atoms with E-state index in [9.17, 15) is 18.4 Å². The number of rotatable bonds is 8. The second-order valence-electron chi connectivity index (χ2n) is 14.9. The van der Waals surface area contributed by atoms with Gasteiger partial charge in [-0.3, -0.25) is 9.59 Å². The largest absolute Gasteiger partial charge is 0.494 e. The van der Waals surface area contributed by atoms with Crippen LogP contribution in [0.5, 0.6) is 5.75 Å². The Kier molecular flexibility index (Phi) is 6.30. The minimum absolute atomic E-state index is 0.00380. The van der Waals surface area contributed by atoms with Gasteiger partial charge in [0.15, 0.2) is 5.82 Å². The topological polar surface area (TPSA) is 85.5 Å². The SMILES string of the molecule is COc1cc(C(=O)N2CC3CC4CC2[C@H]43)cc2nc(-c3cc4cccnc4n3CC3CC3)n(CC3CN(C(=O)c4cc(F)cc(F)c4)C3)c12. The summed E-state index contributed by atoms with van der Waals surface area (Å²) in [6.45, 7) is 3.07. The zero-order valence-corrected chi connectivity index (χ0v) is 27.2. The van der Waals surface area contributed by atoms with Gasteiger partial charge in [0.05, 0.1) is 18.3 Å². The van der Waals surface area contributed by atoms with E-state index in [1.165, 1.54) is 19.3 Å². The maximum atomic E-state index is 14.0. The molecule has 5 aliphatic rings. The Balaban J connectivity index is 1.04. The number of imidazole rings is 1. The van der Waals surface area contributed by atoms with E-state index >= 15 is 0 Å². The highest BCUT2D eigenvalue weighted by Crippen LogP contribution is 2.60. The van der Waals surface area contributed by atoms with Crippen LogP contribution in [0.25, 0.3) is 33.6 Å². The van der Waals surface area contributed by atoms with E-state index in [0.29, 0.717) is 60.3 Å². The molecule has 3 saturated carbocycles. The van der Waals surface area contributed by atoms with Gasteiger partial charge in [-0.15, -0.1) is 0 Å². The lowest BCUT2D eigenvalue weighted by Crippen LogP contribution is -2.53. The highest BCUT2D eigenvalue weighted by Gasteiger charge is 2.61. The molecule has 3 unspecified atom stereocenters. The highest BCUT2D eigenvalue weighted by atomic mass is 19.1. The molecule has 5 aromatic rings. The molecule has 0 N–H and O–H groups in total. The van der Waals surface area contributed by atoms with Crippen molar-refractivity contribution in [2.45, 2.75) is 44.8 Å². The molecule has 5 fully saturated rings. The van der Waals surface area contributed by atoms with E-state index in [1.807, 2.05) is 24.4 Å². The molecule has 3 aromatic heterocycles. The molecule has 0 bridgehead atoms. The molecular weight excluding hydrogens is 626 g/mol. The smallest absolute Gasteiger partial charge is 0.254 e. The van der Waals surface area contributed by atoms with E-state index in [2.05, 4.69) is 26.2 Å². The summed E-state index contributed by atoms with van der Waals surface area (Å²) in [5.74, 6) is 2.22. The second kappa shape index (κ2) is 10.6. The van der Waals surface area contributed by atoms with Gasteiger partial charge < -0.3 is 23.7 Å². The molecule has 0 radical (unpaired) electrons. The standard InChI is InChI=1S/C38H36F2N6O3/c1-49-32-13-25(38(48)45-19-26-7-23-12-30(45)33(23)26)10-29-34(32)46(18-21-15-43(16-21)37(47)24-8-27(39)14-28(40)9-24)36(42-29)31-11-22-3-2-6-41-35(22)44(31)17-20-4-5-20/h2-3,6,8-11,13-14,20-21,23,26,30,33H,4-5,7,12,15-19H2,1H3/t23?,26?,30?,33-/m1/s1. The fourth-order valence-corrected chi connectivity index (χ4v) is 9.23. The monoisotopic (exact) mass is 662 g/mol. The van der Waals surface area contributed by atoms with Crippen LogP contribution in [0.1, 0.15) is 46.4 Å². The van der Waals surface area contributed by atoms with Gasteiger partial charge >= 0.3 is 0 Å². The van der Waals surface area contributed by atoms with Crippen LogP contribution in [-0.2, 0) is 13.1 Å². The molecule has 10 rings (SSSR count). The summed E-state index contributed by atoms with van der Waals surface area (Å²) in [6, 6.07) is 13.2. The van der Waals surface area contributed by atoms with Gasteiger partial charge in [-0.25, -0.2) is 18.7 Å². The van der Waals surface area contributed by atoms with Gasteiger partial charge in [-0.05, 0) is 91.8 Å². The fourth-order valence-electron chi connectivity index (χ4n) is 9.23. The van der Waals surface area contributed by atoms with Crippen molar-refractivity contribution in [1.29, 1.82) is 0 Å². The fraction of sp³-hybridized carbons (Fsp3) is 0.421. The molecule has 3 aliphatic carbocycles. The third kappa shape index (κ3) is 4.53. The highest BCUT2D eigenvalue weighted by molar-refractivity contribution is 6.00. The molecule has 2 saturated heterocycles. The molecule has 5 heterocycles. The van der Waals surface area contributed by atoms with E-state index in [0.717, 1.165) is 71.7 Å². The number of halogens is 2.